The number of ether oxygens (including phenoxy) is 1. The summed E-state index contributed by atoms with van der Waals surface area (Å²) in [5, 5.41) is 2.53. The molecule has 2 amide bonds. The van der Waals surface area contributed by atoms with Crippen molar-refractivity contribution in [1.82, 2.24) is 10.2 Å². The van der Waals surface area contributed by atoms with Gasteiger partial charge in [0.15, 0.2) is 0 Å². The Kier molecular flexibility index (Phi) is 5.99. The number of piperidine rings is 1. The van der Waals surface area contributed by atoms with Gasteiger partial charge in [-0.05, 0) is 27.2 Å². The summed E-state index contributed by atoms with van der Waals surface area (Å²) in [4.78, 5) is 25.8. The molecule has 3 atom stereocenters. The van der Waals surface area contributed by atoms with E-state index < -0.39 is 35.5 Å². The molecule has 0 saturated carbocycles. The number of hydrogen-bond donors (Lipinski definition) is 1. The van der Waals surface area contributed by atoms with Crippen molar-refractivity contribution >= 4 is 12.0 Å². The molecule has 1 aliphatic rings. The predicted molar refractivity (Wildman–Crippen MR) is 83.3 cm³/mol. The summed E-state index contributed by atoms with van der Waals surface area (Å²) in [6.45, 7) is 9.80. The van der Waals surface area contributed by atoms with Gasteiger partial charge in [-0.2, -0.15) is 0 Å². The number of halogens is 2. The van der Waals surface area contributed by atoms with Crippen LogP contribution >= 0.6 is 0 Å². The van der Waals surface area contributed by atoms with Gasteiger partial charge in [-0.25, -0.2) is 13.6 Å². The van der Waals surface area contributed by atoms with Crippen LogP contribution in [0.3, 0.4) is 0 Å². The molecule has 23 heavy (non-hydrogen) atoms. The van der Waals surface area contributed by atoms with Gasteiger partial charge >= 0.3 is 6.09 Å². The fraction of sp³-hybridized carbons (Fsp3) is 0.875. The molecule has 7 heteroatoms. The van der Waals surface area contributed by atoms with Crippen molar-refractivity contribution in [1.29, 1.82) is 0 Å². The first-order valence-electron chi connectivity index (χ1n) is 8.04. The summed E-state index contributed by atoms with van der Waals surface area (Å²) >= 11 is 0. The van der Waals surface area contributed by atoms with E-state index in [1.807, 2.05) is 0 Å². The van der Waals surface area contributed by atoms with Crippen molar-refractivity contribution in [3.05, 3.63) is 0 Å². The van der Waals surface area contributed by atoms with Crippen molar-refractivity contribution in [3.8, 4) is 0 Å². The summed E-state index contributed by atoms with van der Waals surface area (Å²) in [6.07, 6.45) is -0.311. The van der Waals surface area contributed by atoms with Crippen LogP contribution in [0.5, 0.6) is 0 Å². The predicted octanol–water partition coefficient (Wildman–Crippen LogP) is 3.04. The lowest BCUT2D eigenvalue weighted by Gasteiger charge is -2.42. The van der Waals surface area contributed by atoms with Gasteiger partial charge in [0.25, 0.3) is 5.92 Å². The van der Waals surface area contributed by atoms with E-state index >= 15 is 0 Å². The van der Waals surface area contributed by atoms with Crippen molar-refractivity contribution in [2.24, 2.45) is 11.8 Å². The fourth-order valence-corrected chi connectivity index (χ4v) is 2.65. The van der Waals surface area contributed by atoms with Crippen molar-refractivity contribution in [2.75, 3.05) is 13.1 Å². The maximum atomic E-state index is 13.9. The summed E-state index contributed by atoms with van der Waals surface area (Å²) < 4.78 is 32.9. The molecule has 0 radical (unpaired) electrons. The smallest absolute Gasteiger partial charge is 0.408 e. The first-order chi connectivity index (χ1) is 10.4. The second-order valence-corrected chi connectivity index (χ2v) is 7.33. The number of amides is 2. The number of hydrogen-bond acceptors (Lipinski definition) is 3. The number of alkyl carbamates (subject to hydrolysis) is 1. The summed E-state index contributed by atoms with van der Waals surface area (Å²) in [5.41, 5.74) is -0.665. The Morgan fingerprint density at radius 2 is 1.74 bits per heavy atom. The van der Waals surface area contributed by atoms with Gasteiger partial charge in [0.1, 0.15) is 11.6 Å². The molecule has 134 valence electrons. The Balaban J connectivity index is 2.72. The van der Waals surface area contributed by atoms with E-state index in [4.69, 9.17) is 4.74 Å². The van der Waals surface area contributed by atoms with Crippen LogP contribution in [0.2, 0.25) is 0 Å². The van der Waals surface area contributed by atoms with Crippen LogP contribution < -0.4 is 5.32 Å². The van der Waals surface area contributed by atoms with Gasteiger partial charge in [-0.3, -0.25) is 4.79 Å². The second-order valence-electron chi connectivity index (χ2n) is 7.33. The van der Waals surface area contributed by atoms with Gasteiger partial charge in [-0.1, -0.05) is 20.8 Å². The third kappa shape index (κ3) is 5.04. The average molecular weight is 334 g/mol. The monoisotopic (exact) mass is 334 g/mol. The third-order valence-electron chi connectivity index (χ3n) is 4.01. The van der Waals surface area contributed by atoms with Crippen LogP contribution in [0.4, 0.5) is 13.6 Å². The van der Waals surface area contributed by atoms with Crippen LogP contribution in [0.25, 0.3) is 0 Å². The highest BCUT2D eigenvalue weighted by Crippen LogP contribution is 2.37. The molecule has 1 N–H and O–H groups in total. The van der Waals surface area contributed by atoms with Crippen LogP contribution in [-0.2, 0) is 9.53 Å². The molecule has 1 saturated heterocycles. The highest BCUT2D eigenvalue weighted by Gasteiger charge is 2.48. The first kappa shape index (κ1) is 19.6. The maximum Gasteiger partial charge on any atom is 0.408 e. The molecule has 1 fully saturated rings. The minimum Gasteiger partial charge on any atom is -0.444 e. The number of carbonyl (C=O) groups is 2. The highest BCUT2D eigenvalue weighted by atomic mass is 19.3. The van der Waals surface area contributed by atoms with Crippen molar-refractivity contribution < 1.29 is 23.1 Å². The lowest BCUT2D eigenvalue weighted by molar-refractivity contribution is -0.159. The summed E-state index contributed by atoms with van der Waals surface area (Å²) in [6, 6.07) is -0.768. The van der Waals surface area contributed by atoms with Crippen molar-refractivity contribution in [2.45, 2.75) is 65.5 Å². The Morgan fingerprint density at radius 1 is 1.26 bits per heavy atom. The Morgan fingerprint density at radius 3 is 2.13 bits per heavy atom. The van der Waals surface area contributed by atoms with E-state index in [2.05, 4.69) is 5.32 Å². The number of nitrogens with zero attached hydrogens (tertiary/aromatic N) is 1. The molecule has 0 aromatic heterocycles. The second kappa shape index (κ2) is 7.01. The van der Waals surface area contributed by atoms with Gasteiger partial charge in [-0.15, -0.1) is 0 Å². The lowest BCUT2D eigenvalue weighted by atomic mass is 9.87. The average Bonchev–Trinajstić information content (AvgIpc) is 2.39. The quantitative estimate of drug-likeness (QED) is 0.863. The van der Waals surface area contributed by atoms with E-state index in [9.17, 15) is 18.4 Å². The van der Waals surface area contributed by atoms with E-state index in [0.717, 1.165) is 0 Å². The fourth-order valence-electron chi connectivity index (χ4n) is 2.65. The van der Waals surface area contributed by atoms with E-state index in [1.54, 1.807) is 27.7 Å². The van der Waals surface area contributed by atoms with Crippen LogP contribution in [0, 0.1) is 11.8 Å². The molecular formula is C16H28F2N2O3. The van der Waals surface area contributed by atoms with Gasteiger partial charge in [0.05, 0.1) is 0 Å². The molecular weight excluding hydrogens is 306 g/mol. The number of nitrogens with one attached hydrogen (secondary N) is 1. The minimum atomic E-state index is -2.78. The third-order valence-corrected chi connectivity index (χ3v) is 4.01. The zero-order chi connectivity index (χ0) is 18.0. The molecule has 0 bridgehead atoms. The number of carbonyl (C=O) groups excluding carboxylic acids is 2. The molecule has 1 heterocycles. The largest absolute Gasteiger partial charge is 0.444 e. The maximum absolute atomic E-state index is 13.9. The number of alkyl halides is 2. The van der Waals surface area contributed by atoms with Gasteiger partial charge in [0.2, 0.25) is 5.91 Å². The Labute approximate surface area is 136 Å². The van der Waals surface area contributed by atoms with E-state index in [1.165, 1.54) is 18.7 Å². The zero-order valence-electron chi connectivity index (χ0n) is 14.8. The topological polar surface area (TPSA) is 58.6 Å². The van der Waals surface area contributed by atoms with E-state index in [0.29, 0.717) is 6.42 Å². The molecule has 5 nitrogen and oxygen atoms in total. The molecule has 0 aromatic carbocycles. The summed E-state index contributed by atoms with van der Waals surface area (Å²) in [5.74, 6) is -4.94. The number of likely N-dealkylation sites (tertiary alicyclic amines) is 1. The Hall–Kier alpha value is -1.40. The molecule has 1 rings (SSSR count). The normalized spacial score (nSPS) is 25.7. The van der Waals surface area contributed by atoms with E-state index in [-0.39, 0.29) is 19.0 Å². The number of rotatable bonds is 3. The van der Waals surface area contributed by atoms with Crippen LogP contribution in [-0.4, -0.2) is 47.6 Å². The molecule has 1 unspecified atom stereocenters. The standard InChI is InChI=1S/C16H28F2N2O3/c1-7-12(19-14(22)23-15(4,5)6)13(21)20-8-10(2)16(17,18)11(3)9-20/h10-12H,7-9H2,1-6H3,(H,19,22)/t10-,11+,12?. The SMILES string of the molecule is CCC(NC(=O)OC(C)(C)C)C(=O)N1C[C@@H](C)C(F)(F)[C@@H](C)C1. The van der Waals surface area contributed by atoms with Crippen LogP contribution in [0.15, 0.2) is 0 Å². The van der Waals surface area contributed by atoms with Crippen LogP contribution in [0.1, 0.15) is 48.0 Å². The molecule has 0 spiro atoms. The molecule has 1 aliphatic heterocycles. The van der Waals surface area contributed by atoms with Crippen molar-refractivity contribution in [3.63, 3.8) is 0 Å². The zero-order valence-corrected chi connectivity index (χ0v) is 14.8. The Bertz CT molecular complexity index is 435. The molecule has 0 aromatic rings. The summed E-state index contributed by atoms with van der Waals surface area (Å²) in [7, 11) is 0. The first-order valence-corrected chi connectivity index (χ1v) is 8.04. The molecule has 0 aliphatic carbocycles. The van der Waals surface area contributed by atoms with Gasteiger partial charge < -0.3 is 15.0 Å². The highest BCUT2D eigenvalue weighted by molar-refractivity contribution is 5.85. The lowest BCUT2D eigenvalue weighted by Crippen LogP contribution is -2.57. The minimum absolute atomic E-state index is 0.0112. The van der Waals surface area contributed by atoms with Gasteiger partial charge in [0, 0.05) is 24.9 Å².